The van der Waals surface area contributed by atoms with Gasteiger partial charge in [0.1, 0.15) is 0 Å². The molecule has 0 bridgehead atoms. The van der Waals surface area contributed by atoms with Gasteiger partial charge in [-0.3, -0.25) is 0 Å². The van der Waals surface area contributed by atoms with Crippen molar-refractivity contribution in [2.45, 2.75) is 6.92 Å². The van der Waals surface area contributed by atoms with E-state index in [1.165, 1.54) is 27.8 Å². The average Bonchev–Trinajstić information content (AvgIpc) is 2.70. The van der Waals surface area contributed by atoms with Crippen LogP contribution >= 0.6 is 15.9 Å². The molecular formula is C25H21Br. The molecule has 0 spiro atoms. The van der Waals surface area contributed by atoms with Gasteiger partial charge in [-0.1, -0.05) is 113 Å². The largest absolute Gasteiger partial charge is 0.0622 e. The van der Waals surface area contributed by atoms with E-state index in [0.717, 1.165) is 4.47 Å². The molecule has 0 aliphatic carbocycles. The molecule has 0 nitrogen and oxygen atoms in total. The van der Waals surface area contributed by atoms with Crippen molar-refractivity contribution >= 4 is 15.9 Å². The SMILES string of the molecule is Brc1ccccc1.Cc1ccccc1-c1ccccc1-c1ccccc1. The Bertz CT molecular complexity index is 944. The van der Waals surface area contributed by atoms with E-state index in [0.29, 0.717) is 0 Å². The van der Waals surface area contributed by atoms with Crippen molar-refractivity contribution in [1.82, 2.24) is 0 Å². The average molecular weight is 401 g/mol. The van der Waals surface area contributed by atoms with Gasteiger partial charge >= 0.3 is 0 Å². The van der Waals surface area contributed by atoms with Gasteiger partial charge in [0.25, 0.3) is 0 Å². The Morgan fingerprint density at radius 2 is 0.923 bits per heavy atom. The highest BCUT2D eigenvalue weighted by molar-refractivity contribution is 9.10. The lowest BCUT2D eigenvalue weighted by atomic mass is 9.92. The van der Waals surface area contributed by atoms with Crippen molar-refractivity contribution in [3.05, 3.63) is 119 Å². The molecule has 4 aromatic carbocycles. The summed E-state index contributed by atoms with van der Waals surface area (Å²) in [6, 6.07) is 37.7. The Labute approximate surface area is 164 Å². The smallest absolute Gasteiger partial charge is 0.0175 e. The molecule has 0 atom stereocenters. The van der Waals surface area contributed by atoms with Crippen LogP contribution in [0.4, 0.5) is 0 Å². The number of benzene rings is 4. The second kappa shape index (κ2) is 9.17. The maximum absolute atomic E-state index is 3.31. The summed E-state index contributed by atoms with van der Waals surface area (Å²) in [5.74, 6) is 0. The molecular weight excluding hydrogens is 380 g/mol. The molecule has 0 fully saturated rings. The lowest BCUT2D eigenvalue weighted by molar-refractivity contribution is 1.46. The molecule has 128 valence electrons. The highest BCUT2D eigenvalue weighted by Crippen LogP contribution is 2.33. The van der Waals surface area contributed by atoms with E-state index in [1.807, 2.05) is 30.3 Å². The Morgan fingerprint density at radius 3 is 1.46 bits per heavy atom. The highest BCUT2D eigenvalue weighted by atomic mass is 79.9. The van der Waals surface area contributed by atoms with Gasteiger partial charge in [0.05, 0.1) is 0 Å². The zero-order chi connectivity index (χ0) is 18.2. The molecule has 4 rings (SSSR count). The van der Waals surface area contributed by atoms with Crippen LogP contribution in [0.25, 0.3) is 22.3 Å². The van der Waals surface area contributed by atoms with Crippen molar-refractivity contribution in [2.24, 2.45) is 0 Å². The number of hydrogen-bond donors (Lipinski definition) is 0. The number of rotatable bonds is 2. The summed E-state index contributed by atoms with van der Waals surface area (Å²) in [6.07, 6.45) is 0. The van der Waals surface area contributed by atoms with E-state index < -0.39 is 0 Å². The summed E-state index contributed by atoms with van der Waals surface area (Å²) >= 11 is 3.31. The van der Waals surface area contributed by atoms with Crippen LogP contribution in [-0.4, -0.2) is 0 Å². The van der Waals surface area contributed by atoms with Gasteiger partial charge < -0.3 is 0 Å². The molecule has 0 unspecified atom stereocenters. The Kier molecular flexibility index (Phi) is 6.40. The molecule has 0 heterocycles. The molecule has 4 aromatic rings. The van der Waals surface area contributed by atoms with E-state index in [-0.39, 0.29) is 0 Å². The van der Waals surface area contributed by atoms with Gasteiger partial charge in [-0.2, -0.15) is 0 Å². The third kappa shape index (κ3) is 4.71. The topological polar surface area (TPSA) is 0 Å². The van der Waals surface area contributed by atoms with Crippen LogP contribution in [0.5, 0.6) is 0 Å². The van der Waals surface area contributed by atoms with Crippen molar-refractivity contribution in [3.8, 4) is 22.3 Å². The predicted molar refractivity (Wildman–Crippen MR) is 116 cm³/mol. The lowest BCUT2D eigenvalue weighted by Gasteiger charge is -2.12. The van der Waals surface area contributed by atoms with Crippen molar-refractivity contribution in [1.29, 1.82) is 0 Å². The first-order valence-electron chi connectivity index (χ1n) is 8.67. The van der Waals surface area contributed by atoms with Crippen LogP contribution in [-0.2, 0) is 0 Å². The van der Waals surface area contributed by atoms with Crippen LogP contribution < -0.4 is 0 Å². The van der Waals surface area contributed by atoms with Crippen LogP contribution in [0.1, 0.15) is 5.56 Å². The minimum absolute atomic E-state index is 1.13. The van der Waals surface area contributed by atoms with E-state index in [1.54, 1.807) is 0 Å². The van der Waals surface area contributed by atoms with Crippen molar-refractivity contribution < 1.29 is 0 Å². The summed E-state index contributed by atoms with van der Waals surface area (Å²) in [5.41, 5.74) is 6.47. The van der Waals surface area contributed by atoms with Crippen molar-refractivity contribution in [2.75, 3.05) is 0 Å². The maximum atomic E-state index is 3.31. The molecule has 0 aliphatic heterocycles. The Morgan fingerprint density at radius 1 is 0.462 bits per heavy atom. The first-order valence-corrected chi connectivity index (χ1v) is 9.46. The summed E-state index contributed by atoms with van der Waals surface area (Å²) in [4.78, 5) is 0. The lowest BCUT2D eigenvalue weighted by Crippen LogP contribution is -1.87. The molecule has 1 heteroatoms. The monoisotopic (exact) mass is 400 g/mol. The fraction of sp³-hybridized carbons (Fsp3) is 0.0400. The summed E-state index contributed by atoms with van der Waals surface area (Å²) in [5, 5.41) is 0. The Balaban J connectivity index is 0.000000236. The minimum atomic E-state index is 1.13. The third-order valence-electron chi connectivity index (χ3n) is 4.18. The first kappa shape index (κ1) is 18.2. The second-order valence-corrected chi connectivity index (χ2v) is 6.94. The normalized spacial score (nSPS) is 9.92. The van der Waals surface area contributed by atoms with E-state index in [9.17, 15) is 0 Å². The molecule has 26 heavy (non-hydrogen) atoms. The van der Waals surface area contributed by atoms with E-state index >= 15 is 0 Å². The predicted octanol–water partition coefficient (Wildman–Crippen LogP) is 7.78. The minimum Gasteiger partial charge on any atom is -0.0622 e. The van der Waals surface area contributed by atoms with E-state index in [2.05, 4.69) is 102 Å². The van der Waals surface area contributed by atoms with Crippen LogP contribution in [0.15, 0.2) is 114 Å². The second-order valence-electron chi connectivity index (χ2n) is 6.02. The molecule has 0 N–H and O–H groups in total. The quantitative estimate of drug-likeness (QED) is 0.322. The molecule has 0 saturated carbocycles. The maximum Gasteiger partial charge on any atom is 0.0175 e. The number of halogens is 1. The van der Waals surface area contributed by atoms with Gasteiger partial charge in [-0.15, -0.1) is 0 Å². The molecule has 0 radical (unpaired) electrons. The van der Waals surface area contributed by atoms with Gasteiger partial charge in [0.15, 0.2) is 0 Å². The van der Waals surface area contributed by atoms with Gasteiger partial charge in [0.2, 0.25) is 0 Å². The van der Waals surface area contributed by atoms with Gasteiger partial charge in [-0.05, 0) is 46.9 Å². The van der Waals surface area contributed by atoms with Crippen LogP contribution in [0.2, 0.25) is 0 Å². The molecule has 0 amide bonds. The van der Waals surface area contributed by atoms with Crippen molar-refractivity contribution in [3.63, 3.8) is 0 Å². The van der Waals surface area contributed by atoms with Gasteiger partial charge in [0, 0.05) is 4.47 Å². The summed E-state index contributed by atoms with van der Waals surface area (Å²) < 4.78 is 1.13. The first-order chi connectivity index (χ1) is 12.8. The van der Waals surface area contributed by atoms with Gasteiger partial charge in [-0.25, -0.2) is 0 Å². The third-order valence-corrected chi connectivity index (χ3v) is 4.71. The fourth-order valence-electron chi connectivity index (χ4n) is 2.88. The van der Waals surface area contributed by atoms with Crippen LogP contribution in [0, 0.1) is 6.92 Å². The van der Waals surface area contributed by atoms with E-state index in [4.69, 9.17) is 0 Å². The Hall–Kier alpha value is -2.64. The number of hydrogen-bond acceptors (Lipinski definition) is 0. The van der Waals surface area contributed by atoms with Crippen LogP contribution in [0.3, 0.4) is 0 Å². The summed E-state index contributed by atoms with van der Waals surface area (Å²) in [7, 11) is 0. The number of aryl methyl sites for hydroxylation is 1. The highest BCUT2D eigenvalue weighted by Gasteiger charge is 2.07. The zero-order valence-corrected chi connectivity index (χ0v) is 16.4. The fourth-order valence-corrected chi connectivity index (χ4v) is 3.18. The zero-order valence-electron chi connectivity index (χ0n) is 14.8. The summed E-state index contributed by atoms with van der Waals surface area (Å²) in [6.45, 7) is 2.16. The molecule has 0 saturated heterocycles. The molecule has 0 aliphatic rings. The standard InChI is InChI=1S/C19H16.C6H5Br/c1-15-9-5-6-12-17(15)19-14-8-7-13-18(19)16-10-3-2-4-11-16;7-6-4-2-1-3-5-6/h2-14H,1H3;1-5H. The molecule has 0 aromatic heterocycles.